The van der Waals surface area contributed by atoms with Gasteiger partial charge in [0.25, 0.3) is 0 Å². The lowest BCUT2D eigenvalue weighted by atomic mass is 10.3. The Morgan fingerprint density at radius 3 is 2.65 bits per heavy atom. The van der Waals surface area contributed by atoms with Gasteiger partial charge in [-0.15, -0.1) is 0 Å². The van der Waals surface area contributed by atoms with Crippen LogP contribution in [0.1, 0.15) is 0 Å². The van der Waals surface area contributed by atoms with Crippen LogP contribution in [0.3, 0.4) is 0 Å². The first-order valence-corrected chi connectivity index (χ1v) is 6.37. The number of nitrogens with one attached hydrogen (secondary N) is 2. The maximum atomic E-state index is 11.9. The van der Waals surface area contributed by atoms with E-state index in [4.69, 9.17) is 0 Å². The predicted octanol–water partition coefficient (Wildman–Crippen LogP) is 2.20. The van der Waals surface area contributed by atoms with E-state index in [1.165, 1.54) is 0 Å². The van der Waals surface area contributed by atoms with Gasteiger partial charge in [0.2, 0.25) is 5.91 Å². The molecule has 5 nitrogen and oxygen atoms in total. The standard InChI is InChI=1S/C15H18N4O/c1-19(2)14-8-9-16-10-13(14)18-15(20)11-17-12-6-4-3-5-7-12/h3-10,17H,11H2,1-2H3,(H,18,20). The minimum Gasteiger partial charge on any atom is -0.376 e. The molecule has 5 heteroatoms. The van der Waals surface area contributed by atoms with Crippen LogP contribution in [-0.2, 0) is 4.79 Å². The highest BCUT2D eigenvalue weighted by Gasteiger charge is 2.08. The van der Waals surface area contributed by atoms with E-state index in [0.29, 0.717) is 5.69 Å². The van der Waals surface area contributed by atoms with E-state index < -0.39 is 0 Å². The van der Waals surface area contributed by atoms with Gasteiger partial charge in [-0.1, -0.05) is 18.2 Å². The number of para-hydroxylation sites is 1. The normalized spacial score (nSPS) is 9.90. The molecule has 0 bridgehead atoms. The van der Waals surface area contributed by atoms with E-state index in [9.17, 15) is 4.79 Å². The summed E-state index contributed by atoms with van der Waals surface area (Å²) in [6.07, 6.45) is 3.35. The van der Waals surface area contributed by atoms with Gasteiger partial charge in [0.05, 0.1) is 24.1 Å². The summed E-state index contributed by atoms with van der Waals surface area (Å²) in [4.78, 5) is 17.9. The molecule has 0 radical (unpaired) electrons. The Hall–Kier alpha value is -2.56. The Balaban J connectivity index is 1.95. The van der Waals surface area contributed by atoms with Crippen molar-refractivity contribution in [1.82, 2.24) is 4.98 Å². The van der Waals surface area contributed by atoms with Crippen LogP contribution in [0.2, 0.25) is 0 Å². The van der Waals surface area contributed by atoms with Gasteiger partial charge in [0.15, 0.2) is 0 Å². The minimum absolute atomic E-state index is 0.107. The third-order valence-corrected chi connectivity index (χ3v) is 2.78. The number of amides is 1. The summed E-state index contributed by atoms with van der Waals surface area (Å²) in [5.41, 5.74) is 2.55. The van der Waals surface area contributed by atoms with Crippen molar-refractivity contribution in [3.63, 3.8) is 0 Å². The Labute approximate surface area is 118 Å². The van der Waals surface area contributed by atoms with Crippen molar-refractivity contribution in [1.29, 1.82) is 0 Å². The molecule has 0 saturated heterocycles. The molecule has 0 aliphatic rings. The van der Waals surface area contributed by atoms with Crippen molar-refractivity contribution in [2.24, 2.45) is 0 Å². The van der Waals surface area contributed by atoms with E-state index >= 15 is 0 Å². The van der Waals surface area contributed by atoms with Crippen molar-refractivity contribution in [3.05, 3.63) is 48.8 Å². The van der Waals surface area contributed by atoms with Gasteiger partial charge in [0.1, 0.15) is 0 Å². The van der Waals surface area contributed by atoms with Crippen LogP contribution in [0, 0.1) is 0 Å². The number of hydrogen-bond acceptors (Lipinski definition) is 4. The number of carbonyl (C=O) groups is 1. The van der Waals surface area contributed by atoms with Crippen molar-refractivity contribution >= 4 is 23.0 Å². The van der Waals surface area contributed by atoms with Gasteiger partial charge in [-0.3, -0.25) is 9.78 Å². The van der Waals surface area contributed by atoms with E-state index in [0.717, 1.165) is 11.4 Å². The molecule has 2 rings (SSSR count). The van der Waals surface area contributed by atoms with Crippen LogP contribution < -0.4 is 15.5 Å². The van der Waals surface area contributed by atoms with E-state index in [1.807, 2.05) is 55.4 Å². The zero-order valence-corrected chi connectivity index (χ0v) is 11.6. The van der Waals surface area contributed by atoms with Gasteiger partial charge in [-0.05, 0) is 18.2 Å². The second kappa shape index (κ2) is 6.56. The highest BCUT2D eigenvalue weighted by atomic mass is 16.1. The summed E-state index contributed by atoms with van der Waals surface area (Å²) in [5.74, 6) is -0.107. The molecule has 1 aromatic carbocycles. The highest BCUT2D eigenvalue weighted by Crippen LogP contribution is 2.21. The molecule has 1 heterocycles. The van der Waals surface area contributed by atoms with E-state index in [1.54, 1.807) is 12.4 Å². The monoisotopic (exact) mass is 270 g/mol. The van der Waals surface area contributed by atoms with Crippen LogP contribution in [-0.4, -0.2) is 31.5 Å². The number of aromatic nitrogens is 1. The minimum atomic E-state index is -0.107. The van der Waals surface area contributed by atoms with Gasteiger partial charge in [-0.25, -0.2) is 0 Å². The number of benzene rings is 1. The number of nitrogens with zero attached hydrogens (tertiary/aromatic N) is 2. The molecule has 0 fully saturated rings. The fourth-order valence-corrected chi connectivity index (χ4v) is 1.81. The molecule has 0 aliphatic heterocycles. The van der Waals surface area contributed by atoms with E-state index in [-0.39, 0.29) is 12.5 Å². The van der Waals surface area contributed by atoms with Crippen molar-refractivity contribution in [2.75, 3.05) is 36.2 Å². The molecule has 1 aromatic heterocycles. The zero-order chi connectivity index (χ0) is 14.4. The first-order chi connectivity index (χ1) is 9.66. The largest absolute Gasteiger partial charge is 0.376 e. The second-order valence-corrected chi connectivity index (χ2v) is 4.56. The number of anilines is 3. The Morgan fingerprint density at radius 2 is 1.95 bits per heavy atom. The van der Waals surface area contributed by atoms with Crippen LogP contribution in [0.15, 0.2) is 48.8 Å². The number of hydrogen-bond donors (Lipinski definition) is 2. The van der Waals surface area contributed by atoms with Crippen LogP contribution in [0.25, 0.3) is 0 Å². The van der Waals surface area contributed by atoms with Gasteiger partial charge in [0, 0.05) is 26.0 Å². The van der Waals surface area contributed by atoms with Gasteiger partial charge >= 0.3 is 0 Å². The Bertz CT molecular complexity index is 569. The highest BCUT2D eigenvalue weighted by molar-refractivity contribution is 5.96. The molecule has 0 saturated carbocycles. The molecule has 2 N–H and O–H groups in total. The van der Waals surface area contributed by atoms with Gasteiger partial charge in [-0.2, -0.15) is 0 Å². The average Bonchev–Trinajstić information content (AvgIpc) is 2.46. The summed E-state index contributed by atoms with van der Waals surface area (Å²) in [6, 6.07) is 11.5. The maximum Gasteiger partial charge on any atom is 0.243 e. The third-order valence-electron chi connectivity index (χ3n) is 2.78. The molecular formula is C15H18N4O. The van der Waals surface area contributed by atoms with Crippen molar-refractivity contribution < 1.29 is 4.79 Å². The van der Waals surface area contributed by atoms with Gasteiger partial charge < -0.3 is 15.5 Å². The summed E-state index contributed by atoms with van der Waals surface area (Å²) in [5, 5.41) is 5.92. The summed E-state index contributed by atoms with van der Waals surface area (Å²) in [7, 11) is 3.85. The van der Waals surface area contributed by atoms with Crippen LogP contribution in [0.4, 0.5) is 17.1 Å². The number of rotatable bonds is 5. The summed E-state index contributed by atoms with van der Waals surface area (Å²) >= 11 is 0. The molecule has 0 atom stereocenters. The summed E-state index contributed by atoms with van der Waals surface area (Å²) < 4.78 is 0. The molecule has 1 amide bonds. The SMILES string of the molecule is CN(C)c1ccncc1NC(=O)CNc1ccccc1. The predicted molar refractivity (Wildman–Crippen MR) is 82.1 cm³/mol. The average molecular weight is 270 g/mol. The molecule has 2 aromatic rings. The Kier molecular flexibility index (Phi) is 4.55. The lowest BCUT2D eigenvalue weighted by molar-refractivity contribution is -0.114. The first-order valence-electron chi connectivity index (χ1n) is 6.37. The maximum absolute atomic E-state index is 11.9. The molecule has 0 spiro atoms. The Morgan fingerprint density at radius 1 is 1.20 bits per heavy atom. The topological polar surface area (TPSA) is 57.3 Å². The number of carbonyl (C=O) groups excluding carboxylic acids is 1. The second-order valence-electron chi connectivity index (χ2n) is 4.56. The van der Waals surface area contributed by atoms with E-state index in [2.05, 4.69) is 15.6 Å². The molecule has 0 unspecified atom stereocenters. The van der Waals surface area contributed by atoms with Crippen LogP contribution in [0.5, 0.6) is 0 Å². The van der Waals surface area contributed by atoms with Crippen molar-refractivity contribution in [3.8, 4) is 0 Å². The smallest absolute Gasteiger partial charge is 0.243 e. The lowest BCUT2D eigenvalue weighted by Gasteiger charge is -2.17. The fraction of sp³-hybridized carbons (Fsp3) is 0.200. The first kappa shape index (κ1) is 13.9. The zero-order valence-electron chi connectivity index (χ0n) is 11.6. The lowest BCUT2D eigenvalue weighted by Crippen LogP contribution is -2.23. The molecular weight excluding hydrogens is 252 g/mol. The summed E-state index contributed by atoms with van der Waals surface area (Å²) in [6.45, 7) is 0.214. The molecule has 0 aliphatic carbocycles. The molecule has 20 heavy (non-hydrogen) atoms. The fourth-order valence-electron chi connectivity index (χ4n) is 1.81. The molecule has 104 valence electrons. The quantitative estimate of drug-likeness (QED) is 0.874. The van der Waals surface area contributed by atoms with Crippen molar-refractivity contribution in [2.45, 2.75) is 0 Å². The third kappa shape index (κ3) is 3.71. The van der Waals surface area contributed by atoms with Crippen LogP contribution >= 0.6 is 0 Å². The number of pyridine rings is 1.